The number of carbonyl (C=O) groups excluding carboxylic acids is 1. The van der Waals surface area contributed by atoms with Crippen molar-refractivity contribution < 1.29 is 70.9 Å². The minimum atomic E-state index is -0.351. The molecule has 8 heteroatoms. The fraction of sp³-hybridized carbons (Fsp3) is 0.160. The number of fused-ring (bicyclic) bond motifs is 2. The molecule has 0 atom stereocenters. The van der Waals surface area contributed by atoms with Gasteiger partial charge in [-0.1, -0.05) is 0 Å². The molecule has 0 heterocycles. The van der Waals surface area contributed by atoms with Gasteiger partial charge in [-0.2, -0.15) is 0 Å². The molecule has 0 unspecified atom stereocenters. The average molecular weight is 539 g/mol. The van der Waals surface area contributed by atoms with E-state index in [0.717, 1.165) is 38.4 Å². The van der Waals surface area contributed by atoms with Gasteiger partial charge in [0.05, 0.1) is 0 Å². The molecule has 0 aromatic heterocycles. The summed E-state index contributed by atoms with van der Waals surface area (Å²) in [6.45, 7) is 5.07. The number of ether oxygens (including phenoxy) is 1. The van der Waals surface area contributed by atoms with Crippen LogP contribution in [0, 0.1) is 0 Å². The molecule has 170 valence electrons. The third kappa shape index (κ3) is 5.77. The Bertz CT molecular complexity index is 1230. The summed E-state index contributed by atoms with van der Waals surface area (Å²) in [5, 5.41) is 4.23. The predicted octanol–water partition coefficient (Wildman–Crippen LogP) is -2.65. The van der Waals surface area contributed by atoms with Crippen LogP contribution in [0.1, 0.15) is 13.8 Å². The molecule has 4 aromatic carbocycles. The summed E-state index contributed by atoms with van der Waals surface area (Å²) in [4.78, 5) is 14.5. The van der Waals surface area contributed by atoms with Crippen LogP contribution < -0.4 is 45.3 Å². The zero-order valence-corrected chi connectivity index (χ0v) is 22.0. The maximum Gasteiger partial charge on any atom is -1.00 e. The molecule has 0 bridgehead atoms. The predicted molar refractivity (Wildman–Crippen MR) is 116 cm³/mol. The van der Waals surface area contributed by atoms with Crippen molar-refractivity contribution in [3.8, 4) is 22.6 Å². The van der Waals surface area contributed by atoms with Crippen molar-refractivity contribution in [1.29, 1.82) is 0 Å². The van der Waals surface area contributed by atoms with Crippen molar-refractivity contribution in [3.05, 3.63) is 72.8 Å². The van der Waals surface area contributed by atoms with Crippen LogP contribution in [0.3, 0.4) is 0 Å². The van der Waals surface area contributed by atoms with Crippen LogP contribution in [0.5, 0.6) is 11.5 Å². The topological polar surface area (TPSA) is 38.8 Å². The first-order valence-electron chi connectivity index (χ1n) is 10.0. The van der Waals surface area contributed by atoms with Crippen LogP contribution in [0.15, 0.2) is 72.8 Å². The number of amides is 1. The van der Waals surface area contributed by atoms with Gasteiger partial charge in [0, 0.05) is 0 Å². The van der Waals surface area contributed by atoms with E-state index in [1.807, 2.05) is 62.4 Å². The quantitative estimate of drug-likeness (QED) is 0.261. The summed E-state index contributed by atoms with van der Waals surface area (Å²) in [6.07, 6.45) is -0.351. The monoisotopic (exact) mass is 537 g/mol. The zero-order valence-electron chi connectivity index (χ0n) is 18.1. The second-order valence-electron chi connectivity index (χ2n) is 6.96. The van der Waals surface area contributed by atoms with E-state index in [1.165, 1.54) is 0 Å². The fourth-order valence-electron chi connectivity index (χ4n) is 3.83. The van der Waals surface area contributed by atoms with Crippen LogP contribution in [-0.4, -0.2) is 24.1 Å². The maximum absolute atomic E-state index is 12.8. The molecule has 0 radical (unpaired) electrons. The van der Waals surface area contributed by atoms with Crippen molar-refractivity contribution in [1.82, 2.24) is 4.90 Å². The minimum absolute atomic E-state index is 0. The molecular weight excluding hydrogens is 517 g/mol. The molecule has 0 spiro atoms. The Morgan fingerprint density at radius 1 is 0.727 bits per heavy atom. The van der Waals surface area contributed by atoms with Gasteiger partial charge in [-0.15, -0.1) is 0 Å². The Morgan fingerprint density at radius 2 is 1.18 bits per heavy atom. The largest absolute Gasteiger partial charge is 1.00 e. The molecule has 0 N–H and O–H groups in total. The number of carbonyl (C=O) groups is 1. The number of benzene rings is 4. The minimum Gasteiger partial charge on any atom is -1.00 e. The van der Waals surface area contributed by atoms with Gasteiger partial charge < -0.3 is 37.2 Å². The number of rotatable bonds is 5. The van der Waals surface area contributed by atoms with Crippen LogP contribution in [0.25, 0.3) is 32.7 Å². The Kier molecular flexibility index (Phi) is 11.5. The third-order valence-corrected chi connectivity index (χ3v) is 5.70. The molecular formula is C25H22Cl3NO3Ti. The summed E-state index contributed by atoms with van der Waals surface area (Å²) < 4.78 is 11.7. The van der Waals surface area contributed by atoms with E-state index >= 15 is 0 Å². The molecule has 4 rings (SSSR count). The van der Waals surface area contributed by atoms with Crippen LogP contribution in [-0.2, 0) is 20.8 Å². The molecule has 1 amide bonds. The summed E-state index contributed by atoms with van der Waals surface area (Å²) in [5.41, 5.74) is 1.79. The maximum atomic E-state index is 12.8. The Hall–Kier alpha value is -1.95. The van der Waals surface area contributed by atoms with E-state index in [-0.39, 0.29) is 43.3 Å². The van der Waals surface area contributed by atoms with E-state index in [1.54, 1.807) is 25.7 Å². The van der Waals surface area contributed by atoms with E-state index in [2.05, 4.69) is 24.3 Å². The van der Waals surface area contributed by atoms with Gasteiger partial charge in [-0.05, 0) is 0 Å². The normalized spacial score (nSPS) is 9.94. The van der Waals surface area contributed by atoms with Crippen molar-refractivity contribution in [3.63, 3.8) is 0 Å². The van der Waals surface area contributed by atoms with Crippen molar-refractivity contribution in [2.45, 2.75) is 13.8 Å². The average Bonchev–Trinajstić information content (AvgIpc) is 2.79. The van der Waals surface area contributed by atoms with Crippen molar-refractivity contribution >= 4 is 27.6 Å². The van der Waals surface area contributed by atoms with Gasteiger partial charge in [0.2, 0.25) is 0 Å². The van der Waals surface area contributed by atoms with E-state index < -0.39 is 0 Å². The molecule has 0 saturated heterocycles. The van der Waals surface area contributed by atoms with Crippen molar-refractivity contribution in [2.75, 3.05) is 13.1 Å². The van der Waals surface area contributed by atoms with E-state index in [9.17, 15) is 4.79 Å². The number of halogens is 3. The van der Waals surface area contributed by atoms with E-state index in [0.29, 0.717) is 18.8 Å². The van der Waals surface area contributed by atoms with E-state index in [4.69, 9.17) is 8.06 Å². The Labute approximate surface area is 224 Å². The van der Waals surface area contributed by atoms with Crippen LogP contribution >= 0.6 is 0 Å². The Morgan fingerprint density at radius 3 is 1.67 bits per heavy atom. The smallest absolute Gasteiger partial charge is 1.00 e. The van der Waals surface area contributed by atoms with Gasteiger partial charge in [0.15, 0.2) is 0 Å². The first-order valence-corrected chi connectivity index (χ1v) is 10.7. The Balaban J connectivity index is 0.00000181. The van der Waals surface area contributed by atoms with Gasteiger partial charge in [-0.3, -0.25) is 0 Å². The zero-order chi connectivity index (χ0) is 21.1. The second-order valence-corrected chi connectivity index (χ2v) is 7.28. The van der Waals surface area contributed by atoms with Gasteiger partial charge >= 0.3 is 189 Å². The standard InChI is InChI=1S/C25H23NO3.3ClH.Ti/c1-3-26(4-2)25(28)29-22-16-14-18-10-6-8-12-20(18)24(22)23-19-11-7-5-9-17(19)13-15-21(23)27;;;;/h5-16,27H,3-4H2,1-2H3;3*1H;/q;;;;+4/p-4. The molecule has 0 aliphatic heterocycles. The molecule has 33 heavy (non-hydrogen) atoms. The van der Waals surface area contributed by atoms with Crippen molar-refractivity contribution in [2.24, 2.45) is 0 Å². The first-order chi connectivity index (χ1) is 14.7. The van der Waals surface area contributed by atoms with Gasteiger partial charge in [0.25, 0.3) is 0 Å². The molecule has 0 fully saturated rings. The van der Waals surface area contributed by atoms with Crippen LogP contribution in [0.2, 0.25) is 0 Å². The third-order valence-electron chi connectivity index (χ3n) is 5.36. The first kappa shape index (κ1) is 29.1. The van der Waals surface area contributed by atoms with Gasteiger partial charge in [-0.25, -0.2) is 0 Å². The molecule has 4 nitrogen and oxygen atoms in total. The molecule has 4 aromatic rings. The molecule has 0 aliphatic rings. The second kappa shape index (κ2) is 13.1. The number of hydrogen-bond donors (Lipinski definition) is 0. The van der Waals surface area contributed by atoms with Crippen LogP contribution in [0.4, 0.5) is 4.79 Å². The summed E-state index contributed by atoms with van der Waals surface area (Å²) in [7, 11) is 0. The fourth-order valence-corrected chi connectivity index (χ4v) is 4.09. The summed E-state index contributed by atoms with van der Waals surface area (Å²) >= 11 is 1.67. The summed E-state index contributed by atoms with van der Waals surface area (Å²) in [5.74, 6) is 1.27. The van der Waals surface area contributed by atoms with Gasteiger partial charge in [0.1, 0.15) is 0 Å². The SMILES string of the molecule is CCN(CC)C(=O)Oc1ccc2ccccc2c1-c1c([O][Ti+3])ccc2ccccc12.[Cl-].[Cl-].[Cl-]. The number of nitrogens with zero attached hydrogens (tertiary/aromatic N) is 1. The molecule has 0 saturated carbocycles. The molecule has 0 aliphatic carbocycles. The number of hydrogen-bond acceptors (Lipinski definition) is 3. The summed E-state index contributed by atoms with van der Waals surface area (Å²) in [6, 6.07) is 24.2.